The Morgan fingerprint density at radius 2 is 1.02 bits per heavy atom. The average molecular weight is 1450 g/mol. The fourth-order valence-electron chi connectivity index (χ4n) is 12.1. The molecule has 7 atom stereocenters. The number of nitrogen functional groups attached to an aromatic ring is 1. The number of aromatic hydroxyl groups is 2. The highest BCUT2D eigenvalue weighted by Crippen LogP contribution is 2.57. The van der Waals surface area contributed by atoms with Gasteiger partial charge in [0.1, 0.15) is 71.1 Å². The van der Waals surface area contributed by atoms with Gasteiger partial charge in [0.2, 0.25) is 47.3 Å². The number of hydrogen-bond acceptors (Lipinski definition) is 17. The number of guanidine groups is 1. The van der Waals surface area contributed by atoms with Gasteiger partial charge in [-0.2, -0.15) is 0 Å². The lowest BCUT2D eigenvalue weighted by Gasteiger charge is -2.36. The van der Waals surface area contributed by atoms with E-state index in [1.807, 2.05) is 55.4 Å². The van der Waals surface area contributed by atoms with Crippen molar-refractivity contribution < 1.29 is 62.8 Å². The summed E-state index contributed by atoms with van der Waals surface area (Å²) in [5.74, 6) is -6.92. The van der Waals surface area contributed by atoms with Gasteiger partial charge in [-0.3, -0.25) is 48.8 Å². The second-order valence-electron chi connectivity index (χ2n) is 28.2. The van der Waals surface area contributed by atoms with Gasteiger partial charge < -0.3 is 95.8 Å². The first-order chi connectivity index (χ1) is 48.7. The molecule has 21 N–H and O–H groups in total. The molecule has 560 valence electrons. The first-order valence-electron chi connectivity index (χ1n) is 35.0. The molecular formula is C73H104N16O13S. The first kappa shape index (κ1) is 81.9. The van der Waals surface area contributed by atoms with Gasteiger partial charge in [-0.25, -0.2) is 4.79 Å². The van der Waals surface area contributed by atoms with Gasteiger partial charge in [0.25, 0.3) is 0 Å². The maximum absolute atomic E-state index is 14.6. The Labute approximate surface area is 607 Å². The van der Waals surface area contributed by atoms with Gasteiger partial charge in [0.15, 0.2) is 16.7 Å². The Morgan fingerprint density at radius 3 is 1.50 bits per heavy atom. The second-order valence-corrected chi connectivity index (χ2v) is 28.6. The molecule has 0 aromatic heterocycles. The number of unbranched alkanes of at least 4 members (excludes halogenated alkanes) is 1. The van der Waals surface area contributed by atoms with E-state index in [0.717, 1.165) is 5.56 Å². The van der Waals surface area contributed by atoms with E-state index in [0.29, 0.717) is 47.3 Å². The van der Waals surface area contributed by atoms with Crippen LogP contribution in [0.5, 0.6) is 23.0 Å². The minimum Gasteiger partial charge on any atom is -0.508 e. The molecule has 29 nitrogen and oxygen atoms in total. The summed E-state index contributed by atoms with van der Waals surface area (Å²) in [4.78, 5) is 132. The summed E-state index contributed by atoms with van der Waals surface area (Å²) in [5.41, 5.74) is 24.4. The molecule has 8 amide bonds. The molecule has 0 saturated carbocycles. The van der Waals surface area contributed by atoms with E-state index in [2.05, 4.69) is 58.2 Å². The van der Waals surface area contributed by atoms with E-state index in [9.17, 15) is 53.4 Å². The number of aliphatic imine (C=N–C) groups is 1. The van der Waals surface area contributed by atoms with Crippen molar-refractivity contribution in [1.82, 2.24) is 47.9 Å². The number of nitrogens with one attached hydrogen (secondary N) is 11. The number of anilines is 1. The highest BCUT2D eigenvalue weighted by molar-refractivity contribution is 7.80. The average Bonchev–Trinajstić information content (AvgIpc) is 1.60. The van der Waals surface area contributed by atoms with Crippen molar-refractivity contribution in [3.8, 4) is 23.0 Å². The van der Waals surface area contributed by atoms with Gasteiger partial charge in [0, 0.05) is 66.1 Å². The smallest absolute Gasteiger partial charge is 0.340 e. The quantitative estimate of drug-likeness (QED) is 0.00974. The lowest BCUT2D eigenvalue weighted by atomic mass is 9.77. The van der Waals surface area contributed by atoms with E-state index < -0.39 is 107 Å². The van der Waals surface area contributed by atoms with Crippen LogP contribution in [0.4, 0.5) is 5.69 Å². The summed E-state index contributed by atoms with van der Waals surface area (Å²) in [5, 5.41) is 57.0. The van der Waals surface area contributed by atoms with Crippen molar-refractivity contribution in [2.24, 2.45) is 57.5 Å². The molecule has 0 bridgehead atoms. The number of amidine groups is 1. The summed E-state index contributed by atoms with van der Waals surface area (Å²) in [6.45, 7) is 18.8. The number of fused-ring (bicyclic) bond motifs is 6. The minimum atomic E-state index is -1.47. The van der Waals surface area contributed by atoms with Gasteiger partial charge in [-0.15, -0.1) is 0 Å². The van der Waals surface area contributed by atoms with Crippen molar-refractivity contribution in [2.45, 2.75) is 188 Å². The highest BCUT2D eigenvalue weighted by atomic mass is 32.1. The van der Waals surface area contributed by atoms with Crippen LogP contribution in [0.3, 0.4) is 0 Å². The molecule has 2 heterocycles. The van der Waals surface area contributed by atoms with E-state index in [1.54, 1.807) is 68.4 Å². The van der Waals surface area contributed by atoms with Crippen molar-refractivity contribution in [3.63, 3.8) is 0 Å². The number of phenols is 2. The Kier molecular flexibility index (Phi) is 30.4. The van der Waals surface area contributed by atoms with Crippen molar-refractivity contribution in [3.05, 3.63) is 112 Å². The summed E-state index contributed by atoms with van der Waals surface area (Å²) >= 11 is 5.59. The van der Waals surface area contributed by atoms with Crippen molar-refractivity contribution >= 4 is 88.0 Å². The van der Waals surface area contributed by atoms with Crippen LogP contribution in [0, 0.1) is 35.0 Å². The molecule has 0 unspecified atom stereocenters. The van der Waals surface area contributed by atoms with Gasteiger partial charge >= 0.3 is 5.97 Å². The molecule has 4 aromatic carbocycles. The monoisotopic (exact) mass is 1440 g/mol. The molecule has 6 rings (SSSR count). The molecule has 0 fully saturated rings. The number of thiocarbonyl (C=S) groups is 1. The number of hydrogen-bond donors (Lipinski definition) is 17. The van der Waals surface area contributed by atoms with E-state index in [4.69, 9.17) is 50.0 Å². The Morgan fingerprint density at radius 1 is 0.553 bits per heavy atom. The third-order valence-corrected chi connectivity index (χ3v) is 17.4. The summed E-state index contributed by atoms with van der Waals surface area (Å²) in [6, 6.07) is 12.4. The van der Waals surface area contributed by atoms with Crippen molar-refractivity contribution in [2.75, 3.05) is 25.0 Å². The number of carbonyl (C=O) groups excluding carboxylic acids is 9. The van der Waals surface area contributed by atoms with Crippen LogP contribution in [0.1, 0.15) is 172 Å². The van der Waals surface area contributed by atoms with Crippen LogP contribution in [-0.2, 0) is 55.2 Å². The topological polar surface area (TPSA) is 473 Å². The van der Waals surface area contributed by atoms with Crippen LogP contribution in [0.2, 0.25) is 0 Å². The number of phenolic OH excluding ortho intramolecular Hbond substituents is 2. The number of benzene rings is 4. The normalized spacial score (nSPS) is 14.5. The third kappa shape index (κ3) is 23.7. The van der Waals surface area contributed by atoms with Crippen LogP contribution >= 0.6 is 12.2 Å². The van der Waals surface area contributed by atoms with Crippen LogP contribution in [0.25, 0.3) is 0 Å². The second kappa shape index (κ2) is 38.2. The Hall–Kier alpha value is -10.1. The molecule has 0 saturated heterocycles. The lowest BCUT2D eigenvalue weighted by Crippen LogP contribution is -2.61. The number of nitrogens with zero attached hydrogens (tertiary/aromatic N) is 1. The summed E-state index contributed by atoms with van der Waals surface area (Å²) in [7, 11) is 0. The molecule has 30 heteroatoms. The maximum Gasteiger partial charge on any atom is 0.340 e. The zero-order valence-electron chi connectivity index (χ0n) is 60.4. The van der Waals surface area contributed by atoms with E-state index >= 15 is 0 Å². The number of ether oxygens (including phenoxy) is 2. The fraction of sp³-hybridized carbons (Fsp3) is 0.507. The van der Waals surface area contributed by atoms with E-state index in [-0.39, 0.29) is 140 Å². The predicted octanol–water partition coefficient (Wildman–Crippen LogP) is 4.36. The molecule has 4 aromatic rings. The molecule has 0 aliphatic carbocycles. The number of esters is 1. The standard InChI is InChI=1S/C73H104N16O13S/c1-38(2)30-54(83-60(92)26-29-80-72(103)82-45-20-23-49-48(34-45)70(100)102-73(49)50-24-21-46(90)35-58(50)101-59-36-47(91)22-25-51(59)73)65(95)86-56(32-40(5)6)67(97)88-57(33-41(7)8)68(98)87-55(31-39(3)4)66(96)84-53(15-13-28-79-71(77)78)64(94)89-61(42(9)10)69(99)85-52(14-11-12-27-74)63(93)81-37-43-16-18-44(19-17-43)62(75)76/h16-25,34-36,38-42,52-57,61,90-91H,11-15,26-33,37,74H2,1-10H3,(H3,75,76)(H,81,93)(H,83,92)(H,84,96)(H,85,99)(H,86,95)(H,87,98)(H,88,97)(H,89,94)(H4,77,78,79)(H2,80,82,103)/t52-,53-,54-,55-,56-,57-,61-/m0/s1. The Balaban J connectivity index is 1.09. The largest absolute Gasteiger partial charge is 0.508 e. The number of nitrogens with two attached hydrogens (primary N) is 4. The maximum atomic E-state index is 14.6. The third-order valence-electron chi connectivity index (χ3n) is 17.2. The lowest BCUT2D eigenvalue weighted by molar-refractivity contribution is -0.136. The van der Waals surface area contributed by atoms with Gasteiger partial charge in [-0.05, 0) is 148 Å². The summed E-state index contributed by atoms with van der Waals surface area (Å²) in [6.07, 6.45) is 1.89. The van der Waals surface area contributed by atoms with Crippen LogP contribution in [0.15, 0.2) is 83.9 Å². The molecule has 0 radical (unpaired) electrons. The van der Waals surface area contributed by atoms with E-state index in [1.165, 1.54) is 24.3 Å². The van der Waals surface area contributed by atoms with Crippen molar-refractivity contribution in [1.29, 1.82) is 5.41 Å². The van der Waals surface area contributed by atoms with Crippen LogP contribution in [-0.4, -0.2) is 142 Å². The number of rotatable bonds is 38. The first-order valence-corrected chi connectivity index (χ1v) is 35.5. The number of carbonyl (C=O) groups is 9. The molecule has 2 aliphatic heterocycles. The SMILES string of the molecule is CC(C)C[C@H](NC(=O)CCNC(=S)Nc1ccc2c(c1)C(=O)OC21c2ccc(O)cc2Oc2cc(O)ccc21)C(=O)N[C@@H](CC(C)C)C(=O)N[C@@H](CC(C)C)C(=O)N[C@@H](CC(C)C)C(=O)N[C@@H](CCCN=C(N)N)C(=O)N[C@H](C(=O)N[C@@H](CCCCN)C(=O)NCc1ccc(C(=N)N)cc1)C(C)C. The highest BCUT2D eigenvalue weighted by Gasteiger charge is 2.54. The predicted molar refractivity (Wildman–Crippen MR) is 395 cm³/mol. The summed E-state index contributed by atoms with van der Waals surface area (Å²) < 4.78 is 12.2. The zero-order chi connectivity index (χ0) is 76.0. The molecule has 2 aliphatic rings. The molecular weight excluding hydrogens is 1340 g/mol. The van der Waals surface area contributed by atoms with Gasteiger partial charge in [0.05, 0.1) is 5.56 Å². The fourth-order valence-corrected chi connectivity index (χ4v) is 12.3. The zero-order valence-corrected chi connectivity index (χ0v) is 61.2. The Bertz CT molecular complexity index is 3680. The molecule has 103 heavy (non-hydrogen) atoms. The van der Waals surface area contributed by atoms with Crippen LogP contribution < -0.4 is 80.8 Å². The van der Waals surface area contributed by atoms with Gasteiger partial charge in [-0.1, -0.05) is 99.6 Å². The molecule has 1 spiro atoms. The number of amides is 8. The minimum absolute atomic E-state index is 0.0165.